The van der Waals surface area contributed by atoms with Gasteiger partial charge in [-0.3, -0.25) is 0 Å². The first-order chi connectivity index (χ1) is 6.83. The van der Waals surface area contributed by atoms with Crippen molar-refractivity contribution in [1.29, 1.82) is 0 Å². The van der Waals surface area contributed by atoms with Crippen LogP contribution in [0.3, 0.4) is 0 Å². The Bertz CT molecular complexity index is 165. The van der Waals surface area contributed by atoms with Crippen molar-refractivity contribution in [2.24, 2.45) is 0 Å². The van der Waals surface area contributed by atoms with Crippen LogP contribution in [-0.4, -0.2) is 32.2 Å². The van der Waals surface area contributed by atoms with E-state index >= 15 is 0 Å². The predicted octanol–water partition coefficient (Wildman–Crippen LogP) is 0.838. The Balaban J connectivity index is 2.07. The van der Waals surface area contributed by atoms with Crippen molar-refractivity contribution in [2.75, 3.05) is 20.1 Å². The van der Waals surface area contributed by atoms with Gasteiger partial charge in [-0.25, -0.2) is 4.79 Å². The van der Waals surface area contributed by atoms with Crippen molar-refractivity contribution in [2.45, 2.75) is 38.1 Å². The van der Waals surface area contributed by atoms with Gasteiger partial charge in [0.15, 0.2) is 0 Å². The Hall–Kier alpha value is -0.770. The van der Waals surface area contributed by atoms with Gasteiger partial charge in [0.05, 0.1) is 0 Å². The van der Waals surface area contributed by atoms with E-state index in [1.807, 2.05) is 0 Å². The van der Waals surface area contributed by atoms with Crippen LogP contribution in [0.5, 0.6) is 0 Å². The van der Waals surface area contributed by atoms with Gasteiger partial charge in [-0.05, 0) is 25.8 Å². The molecule has 3 N–H and O–H groups in total. The lowest BCUT2D eigenvalue weighted by Gasteiger charge is -2.15. The number of hydrogen-bond donors (Lipinski definition) is 3. The van der Waals surface area contributed by atoms with Crippen LogP contribution in [-0.2, 0) is 0 Å². The highest BCUT2D eigenvalue weighted by Gasteiger charge is 2.10. The second kappa shape index (κ2) is 6.65. The number of urea groups is 1. The van der Waals surface area contributed by atoms with E-state index in [9.17, 15) is 4.79 Å². The molecule has 0 radical (unpaired) electrons. The minimum absolute atomic E-state index is 0.0846. The Morgan fingerprint density at radius 2 is 2.29 bits per heavy atom. The van der Waals surface area contributed by atoms with Gasteiger partial charge in [0.1, 0.15) is 0 Å². The molecule has 14 heavy (non-hydrogen) atoms. The van der Waals surface area contributed by atoms with Crippen molar-refractivity contribution in [3.63, 3.8) is 0 Å². The first kappa shape index (κ1) is 11.3. The van der Waals surface area contributed by atoms with E-state index < -0.39 is 0 Å². The molecule has 1 fully saturated rings. The van der Waals surface area contributed by atoms with Crippen molar-refractivity contribution in [3.8, 4) is 0 Å². The zero-order valence-corrected chi connectivity index (χ0v) is 8.94. The molecule has 0 aromatic rings. The smallest absolute Gasteiger partial charge is 0.314 e. The molecule has 0 aliphatic carbocycles. The summed E-state index contributed by atoms with van der Waals surface area (Å²) >= 11 is 0. The van der Waals surface area contributed by atoms with E-state index in [2.05, 4.69) is 16.0 Å². The fourth-order valence-corrected chi connectivity index (χ4v) is 1.80. The van der Waals surface area contributed by atoms with Crippen LogP contribution in [0.2, 0.25) is 0 Å². The monoisotopic (exact) mass is 199 g/mol. The highest BCUT2D eigenvalue weighted by molar-refractivity contribution is 5.73. The lowest BCUT2D eigenvalue weighted by Crippen LogP contribution is -2.37. The Kier molecular flexibility index (Phi) is 5.37. The first-order valence-corrected chi connectivity index (χ1v) is 5.52. The van der Waals surface area contributed by atoms with Gasteiger partial charge in [0.2, 0.25) is 0 Å². The molecule has 2 amide bonds. The SMILES string of the molecule is CNC(=O)NCCC1CCCCCN1. The molecule has 0 spiro atoms. The summed E-state index contributed by atoms with van der Waals surface area (Å²) in [6.07, 6.45) is 6.23. The summed E-state index contributed by atoms with van der Waals surface area (Å²) in [4.78, 5) is 10.9. The number of rotatable bonds is 3. The second-order valence-electron chi connectivity index (χ2n) is 3.79. The van der Waals surface area contributed by atoms with Crippen LogP contribution in [0.4, 0.5) is 4.79 Å². The summed E-state index contributed by atoms with van der Waals surface area (Å²) in [5.74, 6) is 0. The van der Waals surface area contributed by atoms with Crippen molar-refractivity contribution in [3.05, 3.63) is 0 Å². The van der Waals surface area contributed by atoms with Crippen LogP contribution >= 0.6 is 0 Å². The normalized spacial score (nSPS) is 22.5. The molecule has 0 aromatic heterocycles. The summed E-state index contributed by atoms with van der Waals surface area (Å²) in [5, 5.41) is 8.86. The lowest BCUT2D eigenvalue weighted by atomic mass is 10.1. The highest BCUT2D eigenvalue weighted by atomic mass is 16.2. The maximum absolute atomic E-state index is 10.9. The molecular weight excluding hydrogens is 178 g/mol. The molecule has 1 saturated heterocycles. The van der Waals surface area contributed by atoms with Gasteiger partial charge in [-0.1, -0.05) is 12.8 Å². The molecule has 1 atom stereocenters. The minimum Gasteiger partial charge on any atom is -0.341 e. The molecule has 4 nitrogen and oxygen atoms in total. The van der Waals surface area contributed by atoms with Crippen LogP contribution < -0.4 is 16.0 Å². The first-order valence-electron chi connectivity index (χ1n) is 5.52. The maximum Gasteiger partial charge on any atom is 0.314 e. The summed E-state index contributed by atoms with van der Waals surface area (Å²) < 4.78 is 0. The van der Waals surface area contributed by atoms with E-state index in [1.165, 1.54) is 25.7 Å². The topological polar surface area (TPSA) is 53.2 Å². The van der Waals surface area contributed by atoms with Crippen molar-refractivity contribution >= 4 is 6.03 Å². The number of carbonyl (C=O) groups excluding carboxylic acids is 1. The Labute approximate surface area is 85.8 Å². The van der Waals surface area contributed by atoms with E-state index in [1.54, 1.807) is 7.05 Å². The molecule has 1 heterocycles. The number of hydrogen-bond acceptors (Lipinski definition) is 2. The Morgan fingerprint density at radius 3 is 3.07 bits per heavy atom. The lowest BCUT2D eigenvalue weighted by molar-refractivity contribution is 0.242. The van der Waals surface area contributed by atoms with Crippen LogP contribution in [0.1, 0.15) is 32.1 Å². The fourth-order valence-electron chi connectivity index (χ4n) is 1.80. The third kappa shape index (κ3) is 4.46. The molecule has 1 rings (SSSR count). The van der Waals surface area contributed by atoms with Gasteiger partial charge >= 0.3 is 6.03 Å². The van der Waals surface area contributed by atoms with Gasteiger partial charge in [0, 0.05) is 19.6 Å². The average Bonchev–Trinajstić information content (AvgIpc) is 2.46. The fraction of sp³-hybridized carbons (Fsp3) is 0.900. The van der Waals surface area contributed by atoms with Gasteiger partial charge in [0.25, 0.3) is 0 Å². The molecule has 4 heteroatoms. The molecule has 0 aromatic carbocycles. The predicted molar refractivity (Wildman–Crippen MR) is 57.3 cm³/mol. The third-order valence-corrected chi connectivity index (χ3v) is 2.67. The molecule has 0 bridgehead atoms. The molecule has 1 aliphatic heterocycles. The summed E-state index contributed by atoms with van der Waals surface area (Å²) in [5.41, 5.74) is 0. The van der Waals surface area contributed by atoms with Gasteiger partial charge in [-0.15, -0.1) is 0 Å². The van der Waals surface area contributed by atoms with Gasteiger partial charge < -0.3 is 16.0 Å². The van der Waals surface area contributed by atoms with Crippen molar-refractivity contribution in [1.82, 2.24) is 16.0 Å². The standard InChI is InChI=1S/C10H21N3O/c1-11-10(14)13-8-6-9-5-3-2-4-7-12-9/h9,12H,2-8H2,1H3,(H2,11,13,14). The summed E-state index contributed by atoms with van der Waals surface area (Å²) in [6, 6.07) is 0.508. The molecule has 0 saturated carbocycles. The Morgan fingerprint density at radius 1 is 1.43 bits per heavy atom. The van der Waals surface area contributed by atoms with Crippen molar-refractivity contribution < 1.29 is 4.79 Å². The number of amides is 2. The number of nitrogens with one attached hydrogen (secondary N) is 3. The minimum atomic E-state index is -0.0846. The largest absolute Gasteiger partial charge is 0.341 e. The average molecular weight is 199 g/mol. The van der Waals surface area contributed by atoms with E-state index in [-0.39, 0.29) is 6.03 Å². The third-order valence-electron chi connectivity index (χ3n) is 2.67. The van der Waals surface area contributed by atoms with Crippen LogP contribution in [0.15, 0.2) is 0 Å². The van der Waals surface area contributed by atoms with E-state index in [0.717, 1.165) is 19.5 Å². The molecule has 1 aliphatic rings. The summed E-state index contributed by atoms with van der Waals surface area (Å²) in [7, 11) is 1.64. The second-order valence-corrected chi connectivity index (χ2v) is 3.79. The summed E-state index contributed by atoms with van der Waals surface area (Å²) in [6.45, 7) is 1.89. The van der Waals surface area contributed by atoms with E-state index in [0.29, 0.717) is 6.04 Å². The maximum atomic E-state index is 10.9. The zero-order valence-electron chi connectivity index (χ0n) is 8.94. The zero-order chi connectivity index (χ0) is 10.2. The van der Waals surface area contributed by atoms with Crippen LogP contribution in [0.25, 0.3) is 0 Å². The van der Waals surface area contributed by atoms with E-state index in [4.69, 9.17) is 0 Å². The molecule has 82 valence electrons. The van der Waals surface area contributed by atoms with Gasteiger partial charge in [-0.2, -0.15) is 0 Å². The number of carbonyl (C=O) groups is 1. The molecule has 1 unspecified atom stereocenters. The highest BCUT2D eigenvalue weighted by Crippen LogP contribution is 2.10. The van der Waals surface area contributed by atoms with Crippen LogP contribution in [0, 0.1) is 0 Å². The molecular formula is C10H21N3O. The quantitative estimate of drug-likeness (QED) is 0.631.